The lowest BCUT2D eigenvalue weighted by molar-refractivity contribution is -0.137. The molecule has 0 fully saturated rings. The van der Waals surface area contributed by atoms with Gasteiger partial charge in [-0.2, -0.15) is 4.98 Å². The van der Waals surface area contributed by atoms with Crippen LogP contribution in [0.25, 0.3) is 11.1 Å². The summed E-state index contributed by atoms with van der Waals surface area (Å²) in [6, 6.07) is 14.6. The van der Waals surface area contributed by atoms with E-state index >= 15 is 0 Å². The summed E-state index contributed by atoms with van der Waals surface area (Å²) < 4.78 is 11.4. The van der Waals surface area contributed by atoms with Crippen LogP contribution in [0.15, 0.2) is 48.5 Å². The summed E-state index contributed by atoms with van der Waals surface area (Å²) in [6.45, 7) is 0.778. The second-order valence-electron chi connectivity index (χ2n) is 7.07. The van der Waals surface area contributed by atoms with E-state index in [2.05, 4.69) is 9.97 Å². The molecule has 0 aliphatic heterocycles. The standard InChI is InChI=1S/C23H25ClN4O4.ClH/c24-16-6-1-5-15(13-16)21-19(27-23(26)28-22(21)25)9-3-11-31-17-7-2-8-18(14-17)32-12-4-10-20(29)30;/h1-2,5-8,13-14H,3-4,9-12H2,(H,29,30)(H4,25,26,27,28);1H. The number of nitrogens with zero attached hydrogens (tertiary/aromatic N) is 2. The van der Waals surface area contributed by atoms with Crippen LogP contribution in [0.5, 0.6) is 11.5 Å². The highest BCUT2D eigenvalue weighted by atomic mass is 35.5. The SMILES string of the molecule is Cl.Nc1nc(N)c(-c2cccc(Cl)c2)c(CCCOc2cccc(OCCCC(=O)O)c2)n1. The summed E-state index contributed by atoms with van der Waals surface area (Å²) in [5.74, 6) is 0.891. The third-order valence-electron chi connectivity index (χ3n) is 4.58. The molecule has 0 amide bonds. The zero-order valence-electron chi connectivity index (χ0n) is 17.9. The second-order valence-corrected chi connectivity index (χ2v) is 7.51. The Morgan fingerprint density at radius 2 is 1.64 bits per heavy atom. The molecule has 1 aromatic heterocycles. The van der Waals surface area contributed by atoms with Gasteiger partial charge >= 0.3 is 5.97 Å². The van der Waals surface area contributed by atoms with Crippen molar-refractivity contribution in [2.75, 3.05) is 24.7 Å². The van der Waals surface area contributed by atoms with Crippen molar-refractivity contribution >= 4 is 41.7 Å². The first-order chi connectivity index (χ1) is 15.4. The van der Waals surface area contributed by atoms with Gasteiger partial charge in [0.15, 0.2) is 0 Å². The van der Waals surface area contributed by atoms with Crippen molar-refractivity contribution in [2.45, 2.75) is 25.7 Å². The van der Waals surface area contributed by atoms with E-state index in [9.17, 15) is 4.79 Å². The lowest BCUT2D eigenvalue weighted by Crippen LogP contribution is -2.08. The molecule has 0 atom stereocenters. The number of aromatic nitrogens is 2. The Balaban J connectivity index is 0.00000385. The number of anilines is 2. The van der Waals surface area contributed by atoms with Gasteiger partial charge in [0.1, 0.15) is 17.3 Å². The second kappa shape index (κ2) is 12.7. The minimum Gasteiger partial charge on any atom is -0.493 e. The number of carboxylic acids is 1. The summed E-state index contributed by atoms with van der Waals surface area (Å²) in [5, 5.41) is 9.27. The number of nitrogen functional groups attached to an aromatic ring is 2. The van der Waals surface area contributed by atoms with Crippen LogP contribution >= 0.6 is 24.0 Å². The Kier molecular flexibility index (Phi) is 10.0. The van der Waals surface area contributed by atoms with Gasteiger partial charge in [0.25, 0.3) is 0 Å². The molecule has 1 heterocycles. The van der Waals surface area contributed by atoms with E-state index in [1.54, 1.807) is 18.2 Å². The van der Waals surface area contributed by atoms with Gasteiger partial charge in [-0.15, -0.1) is 12.4 Å². The zero-order chi connectivity index (χ0) is 22.9. The first-order valence-electron chi connectivity index (χ1n) is 10.2. The summed E-state index contributed by atoms with van der Waals surface area (Å²) >= 11 is 6.13. The van der Waals surface area contributed by atoms with Gasteiger partial charge < -0.3 is 26.0 Å². The Hall–Kier alpha value is -3.23. The number of carbonyl (C=O) groups is 1. The van der Waals surface area contributed by atoms with Gasteiger partial charge in [0.05, 0.1) is 18.9 Å². The summed E-state index contributed by atoms with van der Waals surface area (Å²) in [7, 11) is 0. The number of rotatable bonds is 11. The number of benzene rings is 2. The van der Waals surface area contributed by atoms with Crippen molar-refractivity contribution in [2.24, 2.45) is 0 Å². The maximum absolute atomic E-state index is 10.6. The molecule has 0 spiro atoms. The van der Waals surface area contributed by atoms with Crippen molar-refractivity contribution in [1.82, 2.24) is 9.97 Å². The largest absolute Gasteiger partial charge is 0.493 e. The Morgan fingerprint density at radius 1 is 0.970 bits per heavy atom. The average Bonchev–Trinajstić information content (AvgIpc) is 2.74. The fraction of sp³-hybridized carbons (Fsp3) is 0.261. The molecular formula is C23H26Cl2N4O4. The summed E-state index contributed by atoms with van der Waals surface area (Å²) in [5.41, 5.74) is 14.2. The van der Waals surface area contributed by atoms with E-state index in [0.29, 0.717) is 54.8 Å². The quantitative estimate of drug-likeness (QED) is 0.329. The van der Waals surface area contributed by atoms with E-state index in [1.165, 1.54) is 0 Å². The van der Waals surface area contributed by atoms with Crippen LogP contribution in [0.4, 0.5) is 11.8 Å². The number of nitrogens with two attached hydrogens (primary N) is 2. The highest BCUT2D eigenvalue weighted by Crippen LogP contribution is 2.31. The molecule has 10 heteroatoms. The van der Waals surface area contributed by atoms with Gasteiger partial charge in [-0.1, -0.05) is 29.8 Å². The fourth-order valence-corrected chi connectivity index (χ4v) is 3.37. The highest BCUT2D eigenvalue weighted by molar-refractivity contribution is 6.30. The van der Waals surface area contributed by atoms with Crippen LogP contribution in [0.1, 0.15) is 25.0 Å². The zero-order valence-corrected chi connectivity index (χ0v) is 19.4. The van der Waals surface area contributed by atoms with Crippen molar-refractivity contribution in [3.05, 3.63) is 59.2 Å². The molecule has 176 valence electrons. The van der Waals surface area contributed by atoms with E-state index in [0.717, 1.165) is 16.8 Å². The van der Waals surface area contributed by atoms with Crippen molar-refractivity contribution in [1.29, 1.82) is 0 Å². The Bertz CT molecular complexity index is 1080. The number of aryl methyl sites for hydroxylation is 1. The van der Waals surface area contributed by atoms with Crippen LogP contribution in [-0.4, -0.2) is 34.3 Å². The molecule has 5 N–H and O–H groups in total. The topological polar surface area (TPSA) is 134 Å². The molecule has 0 unspecified atom stereocenters. The van der Waals surface area contributed by atoms with E-state index < -0.39 is 5.97 Å². The Morgan fingerprint density at radius 3 is 2.30 bits per heavy atom. The minimum absolute atomic E-state index is 0. The monoisotopic (exact) mass is 492 g/mol. The van der Waals surface area contributed by atoms with E-state index in [1.807, 2.05) is 30.3 Å². The molecule has 2 aromatic carbocycles. The highest BCUT2D eigenvalue weighted by Gasteiger charge is 2.14. The molecule has 33 heavy (non-hydrogen) atoms. The van der Waals surface area contributed by atoms with Crippen LogP contribution < -0.4 is 20.9 Å². The molecule has 3 aromatic rings. The number of ether oxygens (including phenoxy) is 2. The molecule has 0 radical (unpaired) electrons. The van der Waals surface area contributed by atoms with Crippen LogP contribution in [0.3, 0.4) is 0 Å². The van der Waals surface area contributed by atoms with Crippen molar-refractivity contribution in [3.8, 4) is 22.6 Å². The molecule has 0 saturated heterocycles. The van der Waals surface area contributed by atoms with Gasteiger partial charge in [0, 0.05) is 23.1 Å². The average molecular weight is 493 g/mol. The number of hydrogen-bond acceptors (Lipinski definition) is 7. The van der Waals surface area contributed by atoms with Crippen LogP contribution in [0.2, 0.25) is 5.02 Å². The minimum atomic E-state index is -0.837. The maximum atomic E-state index is 10.6. The van der Waals surface area contributed by atoms with Gasteiger partial charge in [0.2, 0.25) is 5.95 Å². The number of halogens is 2. The maximum Gasteiger partial charge on any atom is 0.303 e. The van der Waals surface area contributed by atoms with Gasteiger partial charge in [-0.05, 0) is 49.1 Å². The smallest absolute Gasteiger partial charge is 0.303 e. The van der Waals surface area contributed by atoms with Crippen LogP contribution in [-0.2, 0) is 11.2 Å². The first kappa shape index (κ1) is 26.0. The predicted octanol–water partition coefficient (Wildman–Crippen LogP) is 4.64. The number of aliphatic carboxylic acids is 1. The summed E-state index contributed by atoms with van der Waals surface area (Å²) in [6.07, 6.45) is 1.78. The molecule has 0 saturated carbocycles. The lowest BCUT2D eigenvalue weighted by atomic mass is 10.0. The van der Waals surface area contributed by atoms with E-state index in [4.69, 9.17) is 37.6 Å². The van der Waals surface area contributed by atoms with Crippen molar-refractivity contribution in [3.63, 3.8) is 0 Å². The normalized spacial score (nSPS) is 10.3. The Labute approximate surface area is 203 Å². The molecular weight excluding hydrogens is 467 g/mol. The lowest BCUT2D eigenvalue weighted by Gasteiger charge is -2.13. The number of hydrogen-bond donors (Lipinski definition) is 3. The van der Waals surface area contributed by atoms with Gasteiger partial charge in [-0.25, -0.2) is 4.98 Å². The molecule has 3 rings (SSSR count). The molecule has 0 aliphatic carbocycles. The predicted molar refractivity (Wildman–Crippen MR) is 131 cm³/mol. The third kappa shape index (κ3) is 8.00. The molecule has 0 bridgehead atoms. The molecule has 8 nitrogen and oxygen atoms in total. The summed E-state index contributed by atoms with van der Waals surface area (Å²) in [4.78, 5) is 19.0. The number of carboxylic acid groups (broad SMARTS) is 1. The van der Waals surface area contributed by atoms with Crippen molar-refractivity contribution < 1.29 is 19.4 Å². The third-order valence-corrected chi connectivity index (χ3v) is 4.81. The van der Waals surface area contributed by atoms with Crippen LogP contribution in [0, 0.1) is 0 Å². The fourth-order valence-electron chi connectivity index (χ4n) is 3.18. The van der Waals surface area contributed by atoms with Gasteiger partial charge in [-0.3, -0.25) is 4.79 Å². The van der Waals surface area contributed by atoms with E-state index in [-0.39, 0.29) is 24.8 Å². The molecule has 0 aliphatic rings. The first-order valence-corrected chi connectivity index (χ1v) is 10.6.